The maximum Gasteiger partial charge on any atom is 0.496 e. The van der Waals surface area contributed by atoms with E-state index in [1.807, 2.05) is 19.9 Å². The zero-order valence-corrected chi connectivity index (χ0v) is 11.4. The van der Waals surface area contributed by atoms with Crippen LogP contribution in [0.1, 0.15) is 33.4 Å². The maximum atomic E-state index is 8.97. The molecule has 0 amide bonds. The summed E-state index contributed by atoms with van der Waals surface area (Å²) in [6, 6.07) is 3.68. The Balaban J connectivity index is 2.15. The fraction of sp³-hybridized carbons (Fsp3) is 0.615. The molecule has 1 aliphatic rings. The number of hydrogen-bond donors (Lipinski definition) is 1. The van der Waals surface area contributed by atoms with Crippen molar-refractivity contribution >= 4 is 12.6 Å². The fourth-order valence-electron chi connectivity index (χ4n) is 2.44. The minimum absolute atomic E-state index is 0.0488. The molecule has 1 aromatic heterocycles. The van der Waals surface area contributed by atoms with Crippen LogP contribution in [0.3, 0.4) is 0 Å². The highest BCUT2D eigenvalue weighted by molar-refractivity contribution is 6.61. The summed E-state index contributed by atoms with van der Waals surface area (Å²) in [5.41, 5.74) is 1.24. The van der Waals surface area contributed by atoms with Crippen molar-refractivity contribution in [3.05, 3.63) is 24.0 Å². The van der Waals surface area contributed by atoms with Crippen molar-refractivity contribution in [3.63, 3.8) is 0 Å². The molecule has 1 atom stereocenters. The maximum absolute atomic E-state index is 8.97. The van der Waals surface area contributed by atoms with Crippen LogP contribution in [-0.2, 0) is 15.9 Å². The van der Waals surface area contributed by atoms with Crippen LogP contribution in [0.15, 0.2) is 18.3 Å². The molecule has 4 nitrogen and oxygen atoms in total. The minimum atomic E-state index is -0.368. The van der Waals surface area contributed by atoms with Gasteiger partial charge in [0.2, 0.25) is 0 Å². The molecule has 18 heavy (non-hydrogen) atoms. The van der Waals surface area contributed by atoms with E-state index >= 15 is 0 Å². The van der Waals surface area contributed by atoms with Crippen LogP contribution in [0.25, 0.3) is 0 Å². The van der Waals surface area contributed by atoms with Crippen LogP contribution in [0, 0.1) is 5.92 Å². The monoisotopic (exact) mass is 249 g/mol. The SMILES string of the molecule is CC(C)C1OB(c2ccc(CO)nc2)OC1(C)C. The zero-order chi connectivity index (χ0) is 13.3. The Morgan fingerprint density at radius 2 is 2.17 bits per heavy atom. The van der Waals surface area contributed by atoms with Crippen molar-refractivity contribution < 1.29 is 14.4 Å². The first-order valence-corrected chi connectivity index (χ1v) is 6.33. The van der Waals surface area contributed by atoms with Gasteiger partial charge in [-0.1, -0.05) is 19.9 Å². The summed E-state index contributed by atoms with van der Waals surface area (Å²) in [7, 11) is -0.368. The summed E-state index contributed by atoms with van der Waals surface area (Å²) in [6.07, 6.45) is 1.77. The van der Waals surface area contributed by atoms with Gasteiger partial charge in [-0.15, -0.1) is 0 Å². The molecule has 0 bridgehead atoms. The first-order valence-electron chi connectivity index (χ1n) is 6.33. The fourth-order valence-corrected chi connectivity index (χ4v) is 2.44. The van der Waals surface area contributed by atoms with E-state index in [2.05, 4.69) is 18.8 Å². The van der Waals surface area contributed by atoms with Crippen LogP contribution in [0.4, 0.5) is 0 Å². The van der Waals surface area contributed by atoms with Gasteiger partial charge in [-0.2, -0.15) is 0 Å². The van der Waals surface area contributed by atoms with E-state index in [0.29, 0.717) is 11.6 Å². The Bertz CT molecular complexity index is 405. The third-order valence-corrected chi connectivity index (χ3v) is 3.25. The molecule has 0 saturated carbocycles. The van der Waals surface area contributed by atoms with Crippen molar-refractivity contribution in [2.45, 2.75) is 46.0 Å². The lowest BCUT2D eigenvalue weighted by atomic mass is 9.80. The normalized spacial score (nSPS) is 22.8. The number of hydrogen-bond acceptors (Lipinski definition) is 4. The number of nitrogens with zero attached hydrogens (tertiary/aromatic N) is 1. The van der Waals surface area contributed by atoms with E-state index in [0.717, 1.165) is 5.46 Å². The van der Waals surface area contributed by atoms with E-state index in [1.165, 1.54) is 0 Å². The van der Waals surface area contributed by atoms with Crippen LogP contribution < -0.4 is 5.46 Å². The lowest BCUT2D eigenvalue weighted by molar-refractivity contribution is 0.0438. The molecule has 5 heteroatoms. The molecule has 98 valence electrons. The third-order valence-electron chi connectivity index (χ3n) is 3.25. The van der Waals surface area contributed by atoms with Crippen molar-refractivity contribution in [2.24, 2.45) is 5.92 Å². The van der Waals surface area contributed by atoms with Crippen molar-refractivity contribution in [1.82, 2.24) is 4.98 Å². The van der Waals surface area contributed by atoms with Gasteiger partial charge in [0.15, 0.2) is 0 Å². The molecule has 1 saturated heterocycles. The number of pyridine rings is 1. The zero-order valence-electron chi connectivity index (χ0n) is 11.4. The van der Waals surface area contributed by atoms with Gasteiger partial charge in [0.1, 0.15) is 0 Å². The van der Waals surface area contributed by atoms with Gasteiger partial charge in [0, 0.05) is 11.7 Å². The summed E-state index contributed by atoms with van der Waals surface area (Å²) in [5.74, 6) is 0.398. The molecule has 1 aliphatic heterocycles. The van der Waals surface area contributed by atoms with Gasteiger partial charge in [-0.05, 0) is 25.8 Å². The van der Waals surface area contributed by atoms with Gasteiger partial charge in [0.25, 0.3) is 0 Å². The van der Waals surface area contributed by atoms with Crippen molar-refractivity contribution in [3.8, 4) is 0 Å². The second-order valence-corrected chi connectivity index (χ2v) is 5.59. The molecule has 1 fully saturated rings. The summed E-state index contributed by atoms with van der Waals surface area (Å²) >= 11 is 0. The predicted octanol–water partition coefficient (Wildman–Crippen LogP) is 1.12. The average Bonchev–Trinajstić information content (AvgIpc) is 2.65. The van der Waals surface area contributed by atoms with E-state index in [9.17, 15) is 0 Å². The second-order valence-electron chi connectivity index (χ2n) is 5.59. The first-order chi connectivity index (χ1) is 8.44. The second kappa shape index (κ2) is 5.00. The predicted molar refractivity (Wildman–Crippen MR) is 70.4 cm³/mol. The molecule has 1 aromatic rings. The van der Waals surface area contributed by atoms with Gasteiger partial charge in [-0.25, -0.2) is 0 Å². The van der Waals surface area contributed by atoms with Crippen molar-refractivity contribution in [2.75, 3.05) is 0 Å². The molecule has 0 aromatic carbocycles. The molecular formula is C13H20BNO3. The van der Waals surface area contributed by atoms with E-state index in [-0.39, 0.29) is 25.4 Å². The summed E-state index contributed by atoms with van der Waals surface area (Å²) < 4.78 is 11.9. The highest BCUT2D eigenvalue weighted by Gasteiger charge is 2.47. The van der Waals surface area contributed by atoms with Gasteiger partial charge < -0.3 is 14.4 Å². The number of rotatable bonds is 3. The topological polar surface area (TPSA) is 51.6 Å². The average molecular weight is 249 g/mol. The lowest BCUT2D eigenvalue weighted by Crippen LogP contribution is -2.37. The highest BCUT2D eigenvalue weighted by atomic mass is 16.7. The third kappa shape index (κ3) is 2.58. The number of aromatic nitrogens is 1. The highest BCUT2D eigenvalue weighted by Crippen LogP contribution is 2.31. The molecule has 2 heterocycles. The van der Waals surface area contributed by atoms with E-state index in [1.54, 1.807) is 12.3 Å². The van der Waals surface area contributed by atoms with E-state index < -0.39 is 0 Å². The molecule has 0 radical (unpaired) electrons. The molecule has 0 spiro atoms. The summed E-state index contributed by atoms with van der Waals surface area (Å²) in [6.45, 7) is 8.31. The standard InChI is InChI=1S/C13H20BNO3/c1-9(2)12-13(3,4)18-14(17-12)10-5-6-11(8-16)15-7-10/h5-7,9,12,16H,8H2,1-4H3. The smallest absolute Gasteiger partial charge is 0.401 e. The molecule has 2 rings (SSSR count). The quantitative estimate of drug-likeness (QED) is 0.815. The Hall–Kier alpha value is -0.905. The van der Waals surface area contributed by atoms with Gasteiger partial charge >= 0.3 is 7.12 Å². The van der Waals surface area contributed by atoms with Crippen LogP contribution in [0.2, 0.25) is 0 Å². The van der Waals surface area contributed by atoms with Crippen LogP contribution in [0.5, 0.6) is 0 Å². The van der Waals surface area contributed by atoms with Gasteiger partial charge in [-0.3, -0.25) is 4.98 Å². The number of aliphatic hydroxyl groups excluding tert-OH is 1. The Morgan fingerprint density at radius 3 is 2.61 bits per heavy atom. The number of aliphatic hydroxyl groups is 1. The van der Waals surface area contributed by atoms with Gasteiger partial charge in [0.05, 0.1) is 24.0 Å². The lowest BCUT2D eigenvalue weighted by Gasteiger charge is -2.28. The van der Waals surface area contributed by atoms with Crippen LogP contribution in [-0.4, -0.2) is 28.9 Å². The molecule has 0 aliphatic carbocycles. The molecular weight excluding hydrogens is 229 g/mol. The van der Waals surface area contributed by atoms with Crippen LogP contribution >= 0.6 is 0 Å². The first kappa shape index (κ1) is 13.5. The van der Waals surface area contributed by atoms with E-state index in [4.69, 9.17) is 14.4 Å². The Kier molecular flexibility index (Phi) is 3.75. The Labute approximate surface area is 108 Å². The molecule has 1 N–H and O–H groups in total. The minimum Gasteiger partial charge on any atom is -0.401 e. The summed E-state index contributed by atoms with van der Waals surface area (Å²) in [4.78, 5) is 4.15. The summed E-state index contributed by atoms with van der Waals surface area (Å²) in [5, 5.41) is 8.97. The molecule has 1 unspecified atom stereocenters. The largest absolute Gasteiger partial charge is 0.496 e. The Morgan fingerprint density at radius 1 is 1.44 bits per heavy atom. The van der Waals surface area contributed by atoms with Crippen molar-refractivity contribution in [1.29, 1.82) is 0 Å².